The molecule has 3 atom stereocenters. The average Bonchev–Trinajstić information content (AvgIpc) is 2.29. The van der Waals surface area contributed by atoms with Gasteiger partial charge in [-0.25, -0.2) is 0 Å². The maximum Gasteiger partial charge on any atom is 0.0589 e. The molecule has 16 heavy (non-hydrogen) atoms. The van der Waals surface area contributed by atoms with Gasteiger partial charge in [-0.3, -0.25) is 4.90 Å². The van der Waals surface area contributed by atoms with Crippen LogP contribution in [-0.2, 0) is 4.74 Å². The van der Waals surface area contributed by atoms with Crippen molar-refractivity contribution in [1.82, 2.24) is 4.90 Å². The van der Waals surface area contributed by atoms with Crippen LogP contribution in [0.3, 0.4) is 0 Å². The molecule has 0 aromatic carbocycles. The first-order valence-electron chi connectivity index (χ1n) is 6.63. The Bertz CT molecular complexity index is 187. The van der Waals surface area contributed by atoms with E-state index in [0.29, 0.717) is 12.1 Å². The molecule has 3 heteroatoms. The Morgan fingerprint density at radius 2 is 2.12 bits per heavy atom. The van der Waals surface area contributed by atoms with E-state index in [4.69, 9.17) is 10.5 Å². The Labute approximate surface area is 100 Å². The van der Waals surface area contributed by atoms with Crippen LogP contribution in [0.4, 0.5) is 0 Å². The van der Waals surface area contributed by atoms with Gasteiger partial charge in [-0.2, -0.15) is 0 Å². The molecule has 3 unspecified atom stereocenters. The molecule has 0 aromatic rings. The zero-order valence-electron chi connectivity index (χ0n) is 11.1. The number of nitrogens with zero attached hydrogens (tertiary/aromatic N) is 1. The van der Waals surface area contributed by atoms with Crippen molar-refractivity contribution in [3.8, 4) is 0 Å². The van der Waals surface area contributed by atoms with E-state index < -0.39 is 0 Å². The Hall–Kier alpha value is -0.120. The summed E-state index contributed by atoms with van der Waals surface area (Å²) in [5.41, 5.74) is 6.23. The van der Waals surface area contributed by atoms with Crippen molar-refractivity contribution in [3.05, 3.63) is 0 Å². The smallest absolute Gasteiger partial charge is 0.0589 e. The highest BCUT2D eigenvalue weighted by Gasteiger charge is 2.30. The van der Waals surface area contributed by atoms with E-state index in [0.717, 1.165) is 19.1 Å². The zero-order chi connectivity index (χ0) is 12.0. The number of ether oxygens (including phenoxy) is 1. The lowest BCUT2D eigenvalue weighted by atomic mass is 9.80. The largest absolute Gasteiger partial charge is 0.383 e. The fourth-order valence-corrected chi connectivity index (χ4v) is 2.83. The van der Waals surface area contributed by atoms with Crippen molar-refractivity contribution < 1.29 is 4.74 Å². The molecule has 1 saturated carbocycles. The molecule has 0 heterocycles. The normalized spacial score (nSPS) is 30.9. The topological polar surface area (TPSA) is 38.5 Å². The third-order valence-electron chi connectivity index (χ3n) is 3.89. The molecule has 1 rings (SSSR count). The van der Waals surface area contributed by atoms with E-state index in [-0.39, 0.29) is 0 Å². The van der Waals surface area contributed by atoms with Gasteiger partial charge < -0.3 is 10.5 Å². The van der Waals surface area contributed by atoms with Gasteiger partial charge in [0, 0.05) is 25.7 Å². The highest BCUT2D eigenvalue weighted by molar-refractivity contribution is 4.88. The van der Waals surface area contributed by atoms with Crippen molar-refractivity contribution in [2.24, 2.45) is 11.7 Å². The summed E-state index contributed by atoms with van der Waals surface area (Å²) >= 11 is 0. The molecule has 1 fully saturated rings. The van der Waals surface area contributed by atoms with Gasteiger partial charge >= 0.3 is 0 Å². The van der Waals surface area contributed by atoms with Crippen LogP contribution in [0, 0.1) is 5.92 Å². The van der Waals surface area contributed by atoms with Crippen LogP contribution in [0.15, 0.2) is 0 Å². The Morgan fingerprint density at radius 3 is 2.75 bits per heavy atom. The van der Waals surface area contributed by atoms with E-state index in [1.165, 1.54) is 32.1 Å². The first-order chi connectivity index (χ1) is 7.69. The van der Waals surface area contributed by atoms with Gasteiger partial charge in [0.25, 0.3) is 0 Å². The highest BCUT2D eigenvalue weighted by atomic mass is 16.5. The minimum atomic E-state index is 0.356. The SMILES string of the molecule is CCCC1CCC(N)C(N(C)CCOC)C1. The van der Waals surface area contributed by atoms with Gasteiger partial charge in [-0.05, 0) is 32.2 Å². The molecule has 1 aliphatic rings. The molecule has 0 radical (unpaired) electrons. The van der Waals surface area contributed by atoms with Crippen LogP contribution in [0.5, 0.6) is 0 Å². The quantitative estimate of drug-likeness (QED) is 0.754. The standard InChI is InChI=1S/C13H28N2O/c1-4-5-11-6-7-12(14)13(10-11)15(2)8-9-16-3/h11-13H,4-10,14H2,1-3H3. The summed E-state index contributed by atoms with van der Waals surface area (Å²) in [6, 6.07) is 0.912. The molecule has 1 aliphatic carbocycles. The van der Waals surface area contributed by atoms with Crippen LogP contribution in [0.1, 0.15) is 39.0 Å². The molecule has 3 nitrogen and oxygen atoms in total. The first kappa shape index (κ1) is 13.9. The van der Waals surface area contributed by atoms with E-state index in [2.05, 4.69) is 18.9 Å². The van der Waals surface area contributed by atoms with E-state index >= 15 is 0 Å². The van der Waals surface area contributed by atoms with Crippen molar-refractivity contribution in [3.63, 3.8) is 0 Å². The van der Waals surface area contributed by atoms with Gasteiger partial charge in [0.05, 0.1) is 6.61 Å². The van der Waals surface area contributed by atoms with Crippen LogP contribution in [0.2, 0.25) is 0 Å². The molecule has 96 valence electrons. The number of rotatable bonds is 6. The van der Waals surface area contributed by atoms with E-state index in [1.54, 1.807) is 7.11 Å². The first-order valence-corrected chi connectivity index (χ1v) is 6.63. The van der Waals surface area contributed by atoms with Crippen molar-refractivity contribution in [1.29, 1.82) is 0 Å². The number of likely N-dealkylation sites (N-methyl/N-ethyl adjacent to an activating group) is 1. The summed E-state index contributed by atoms with van der Waals surface area (Å²) in [5, 5.41) is 0. The summed E-state index contributed by atoms with van der Waals surface area (Å²) in [6.45, 7) is 4.07. The van der Waals surface area contributed by atoms with Crippen molar-refractivity contribution in [2.75, 3.05) is 27.3 Å². The number of hydrogen-bond acceptors (Lipinski definition) is 3. The molecule has 0 amide bonds. The Kier molecular flexibility index (Phi) is 6.32. The van der Waals surface area contributed by atoms with Crippen LogP contribution in [0.25, 0.3) is 0 Å². The molecule has 0 spiro atoms. The molecule has 2 N–H and O–H groups in total. The molecule has 0 aliphatic heterocycles. The van der Waals surface area contributed by atoms with Gasteiger partial charge in [0.2, 0.25) is 0 Å². The van der Waals surface area contributed by atoms with Gasteiger partial charge in [0.15, 0.2) is 0 Å². The second kappa shape index (κ2) is 7.25. The number of methoxy groups -OCH3 is 1. The summed E-state index contributed by atoms with van der Waals surface area (Å²) in [7, 11) is 3.94. The second-order valence-corrected chi connectivity index (χ2v) is 5.17. The number of hydrogen-bond donors (Lipinski definition) is 1. The lowest BCUT2D eigenvalue weighted by Gasteiger charge is -2.39. The van der Waals surface area contributed by atoms with Gasteiger partial charge in [-0.15, -0.1) is 0 Å². The van der Waals surface area contributed by atoms with E-state index in [1.807, 2.05) is 0 Å². The van der Waals surface area contributed by atoms with Crippen LogP contribution < -0.4 is 5.73 Å². The molecule has 0 bridgehead atoms. The summed E-state index contributed by atoms with van der Waals surface area (Å²) in [4.78, 5) is 2.38. The van der Waals surface area contributed by atoms with Gasteiger partial charge in [0.1, 0.15) is 0 Å². The molecule has 0 aromatic heterocycles. The van der Waals surface area contributed by atoms with Crippen LogP contribution in [-0.4, -0.2) is 44.3 Å². The lowest BCUT2D eigenvalue weighted by molar-refractivity contribution is 0.0957. The maximum atomic E-state index is 6.23. The maximum absolute atomic E-state index is 6.23. The molecular formula is C13H28N2O. The minimum Gasteiger partial charge on any atom is -0.383 e. The minimum absolute atomic E-state index is 0.356. The summed E-state index contributed by atoms with van der Waals surface area (Å²) in [6.07, 6.45) is 6.45. The fourth-order valence-electron chi connectivity index (χ4n) is 2.83. The fraction of sp³-hybridized carbons (Fsp3) is 1.00. The third kappa shape index (κ3) is 4.04. The van der Waals surface area contributed by atoms with Crippen molar-refractivity contribution in [2.45, 2.75) is 51.1 Å². The van der Waals surface area contributed by atoms with Gasteiger partial charge in [-0.1, -0.05) is 19.8 Å². The average molecular weight is 228 g/mol. The Morgan fingerprint density at radius 1 is 1.38 bits per heavy atom. The van der Waals surface area contributed by atoms with E-state index in [9.17, 15) is 0 Å². The molecular weight excluding hydrogens is 200 g/mol. The van der Waals surface area contributed by atoms with Crippen molar-refractivity contribution >= 4 is 0 Å². The monoisotopic (exact) mass is 228 g/mol. The third-order valence-corrected chi connectivity index (χ3v) is 3.89. The predicted molar refractivity (Wildman–Crippen MR) is 68.5 cm³/mol. The Balaban J connectivity index is 2.41. The predicted octanol–water partition coefficient (Wildman–Crippen LogP) is 1.86. The summed E-state index contributed by atoms with van der Waals surface area (Å²) < 4.78 is 5.13. The number of nitrogens with two attached hydrogens (primary N) is 1. The lowest BCUT2D eigenvalue weighted by Crippen LogP contribution is -2.50. The second-order valence-electron chi connectivity index (χ2n) is 5.17. The zero-order valence-corrected chi connectivity index (χ0v) is 11.1. The summed E-state index contributed by atoms with van der Waals surface area (Å²) in [5.74, 6) is 0.889. The highest BCUT2D eigenvalue weighted by Crippen LogP contribution is 2.29. The van der Waals surface area contributed by atoms with Crippen LogP contribution >= 0.6 is 0 Å². The molecule has 0 saturated heterocycles.